The Balaban J connectivity index is 1.81. The number of benzene rings is 2. The van der Waals surface area contributed by atoms with Crippen molar-refractivity contribution in [1.29, 1.82) is 0 Å². The van der Waals surface area contributed by atoms with Crippen molar-refractivity contribution in [3.05, 3.63) is 83.9 Å². The molecule has 4 rings (SSSR count). The molecule has 0 radical (unpaired) electrons. The predicted molar refractivity (Wildman–Crippen MR) is 101 cm³/mol. The van der Waals surface area contributed by atoms with Crippen molar-refractivity contribution in [3.8, 4) is 0 Å². The fourth-order valence-corrected chi connectivity index (χ4v) is 2.75. The Kier molecular flexibility index (Phi) is 3.96. The Hall–Kier alpha value is -3.47. The Labute approximate surface area is 145 Å². The van der Waals surface area contributed by atoms with Crippen molar-refractivity contribution in [3.63, 3.8) is 0 Å². The number of aromatic nitrogens is 4. The molecule has 0 aliphatic carbocycles. The smallest absolute Gasteiger partial charge is 0.166 e. The first-order valence-corrected chi connectivity index (χ1v) is 8.05. The average molecular weight is 327 g/mol. The van der Waals surface area contributed by atoms with Crippen molar-refractivity contribution < 1.29 is 0 Å². The molecule has 0 spiro atoms. The van der Waals surface area contributed by atoms with E-state index in [0.29, 0.717) is 17.9 Å². The molecule has 0 bridgehead atoms. The zero-order chi connectivity index (χ0) is 17.1. The third kappa shape index (κ3) is 3.12. The van der Waals surface area contributed by atoms with Crippen LogP contribution in [-0.2, 0) is 6.54 Å². The Morgan fingerprint density at radius 1 is 0.880 bits per heavy atom. The van der Waals surface area contributed by atoms with Gasteiger partial charge in [-0.2, -0.15) is 0 Å². The first-order valence-electron chi connectivity index (χ1n) is 8.05. The van der Waals surface area contributed by atoms with Crippen molar-refractivity contribution in [2.24, 2.45) is 0 Å². The second kappa shape index (κ2) is 6.57. The van der Waals surface area contributed by atoms with Gasteiger partial charge < -0.3 is 10.3 Å². The van der Waals surface area contributed by atoms with E-state index in [1.807, 2.05) is 48.6 Å². The molecule has 2 aromatic heterocycles. The highest BCUT2D eigenvalue weighted by atomic mass is 15.1. The minimum Gasteiger partial charge on any atom is -0.382 e. The molecule has 0 unspecified atom stereocenters. The molecular weight excluding hydrogens is 310 g/mol. The average Bonchev–Trinajstić information content (AvgIpc) is 3.01. The van der Waals surface area contributed by atoms with Gasteiger partial charge in [0.05, 0.1) is 6.54 Å². The molecule has 0 fully saturated rings. The van der Waals surface area contributed by atoms with Gasteiger partial charge in [-0.25, -0.2) is 15.0 Å². The summed E-state index contributed by atoms with van der Waals surface area (Å²) < 4.78 is 2.06. The van der Waals surface area contributed by atoms with Gasteiger partial charge in [0.1, 0.15) is 12.2 Å². The Morgan fingerprint density at radius 3 is 2.36 bits per heavy atom. The van der Waals surface area contributed by atoms with Gasteiger partial charge in [-0.3, -0.25) is 0 Å². The number of nitrogens with zero attached hydrogens (tertiary/aromatic N) is 4. The summed E-state index contributed by atoms with van der Waals surface area (Å²) in [5.74, 6) is 1.20. The first-order chi connectivity index (χ1) is 12.3. The van der Waals surface area contributed by atoms with Crippen LogP contribution in [-0.4, -0.2) is 19.5 Å². The largest absolute Gasteiger partial charge is 0.382 e. The maximum atomic E-state index is 5.99. The van der Waals surface area contributed by atoms with Crippen molar-refractivity contribution >= 4 is 29.1 Å². The van der Waals surface area contributed by atoms with E-state index in [4.69, 9.17) is 5.73 Å². The van der Waals surface area contributed by atoms with E-state index >= 15 is 0 Å². The minimum absolute atomic E-state index is 0.395. The third-order valence-corrected chi connectivity index (χ3v) is 4.00. The summed E-state index contributed by atoms with van der Waals surface area (Å²) in [4.78, 5) is 13.1. The summed E-state index contributed by atoms with van der Waals surface area (Å²) in [7, 11) is 0. The molecule has 0 saturated heterocycles. The SMILES string of the molecule is Nc1ncnc2c1nc(/C=C/c1ccccc1)n2Cc1ccccc1. The quantitative estimate of drug-likeness (QED) is 0.621. The molecule has 0 aliphatic rings. The molecule has 4 aromatic rings. The highest BCUT2D eigenvalue weighted by molar-refractivity contribution is 5.84. The van der Waals surface area contributed by atoms with Gasteiger partial charge in [-0.05, 0) is 17.2 Å². The van der Waals surface area contributed by atoms with Crippen LogP contribution in [0.25, 0.3) is 23.3 Å². The lowest BCUT2D eigenvalue weighted by Gasteiger charge is -2.06. The Bertz CT molecular complexity index is 1020. The maximum Gasteiger partial charge on any atom is 0.166 e. The summed E-state index contributed by atoms with van der Waals surface area (Å²) in [6.45, 7) is 0.669. The molecule has 0 aliphatic heterocycles. The molecule has 0 atom stereocenters. The van der Waals surface area contributed by atoms with Gasteiger partial charge >= 0.3 is 0 Å². The van der Waals surface area contributed by atoms with Gasteiger partial charge in [0.25, 0.3) is 0 Å². The normalized spacial score (nSPS) is 11.4. The van der Waals surface area contributed by atoms with E-state index in [0.717, 1.165) is 17.0 Å². The van der Waals surface area contributed by atoms with Crippen LogP contribution in [0.5, 0.6) is 0 Å². The highest BCUT2D eigenvalue weighted by Gasteiger charge is 2.13. The predicted octanol–water partition coefficient (Wildman–Crippen LogP) is 3.63. The second-order valence-corrected chi connectivity index (χ2v) is 5.72. The lowest BCUT2D eigenvalue weighted by molar-refractivity contribution is 0.803. The molecule has 5 heteroatoms. The monoisotopic (exact) mass is 327 g/mol. The molecule has 2 heterocycles. The molecule has 5 nitrogen and oxygen atoms in total. The lowest BCUT2D eigenvalue weighted by atomic mass is 10.2. The summed E-state index contributed by atoms with van der Waals surface area (Å²) in [6, 6.07) is 20.3. The number of hydrogen-bond acceptors (Lipinski definition) is 4. The molecule has 2 N–H and O–H groups in total. The second-order valence-electron chi connectivity index (χ2n) is 5.72. The summed E-state index contributed by atoms with van der Waals surface area (Å²) >= 11 is 0. The Morgan fingerprint density at radius 2 is 1.60 bits per heavy atom. The van der Waals surface area contributed by atoms with Crippen LogP contribution in [0, 0.1) is 0 Å². The number of imidazole rings is 1. The molecule has 2 aromatic carbocycles. The van der Waals surface area contributed by atoms with Crippen LogP contribution in [0.1, 0.15) is 17.0 Å². The number of nitrogens with two attached hydrogens (primary N) is 1. The van der Waals surface area contributed by atoms with E-state index in [2.05, 4.69) is 43.8 Å². The van der Waals surface area contributed by atoms with Crippen LogP contribution < -0.4 is 5.73 Å². The van der Waals surface area contributed by atoms with Crippen LogP contribution in [0.15, 0.2) is 67.0 Å². The van der Waals surface area contributed by atoms with Crippen LogP contribution in [0.4, 0.5) is 5.82 Å². The van der Waals surface area contributed by atoms with E-state index in [-0.39, 0.29) is 0 Å². The summed E-state index contributed by atoms with van der Waals surface area (Å²) in [5.41, 5.74) is 9.64. The van der Waals surface area contributed by atoms with Crippen LogP contribution >= 0.6 is 0 Å². The maximum absolute atomic E-state index is 5.99. The molecule has 0 amide bonds. The van der Waals surface area contributed by atoms with E-state index in [1.165, 1.54) is 11.9 Å². The van der Waals surface area contributed by atoms with Crippen molar-refractivity contribution in [2.45, 2.75) is 6.54 Å². The fraction of sp³-hybridized carbons (Fsp3) is 0.0500. The van der Waals surface area contributed by atoms with Gasteiger partial charge in [0.15, 0.2) is 17.0 Å². The van der Waals surface area contributed by atoms with Gasteiger partial charge in [-0.15, -0.1) is 0 Å². The summed E-state index contributed by atoms with van der Waals surface area (Å²) in [6.07, 6.45) is 5.50. The zero-order valence-corrected chi connectivity index (χ0v) is 13.6. The van der Waals surface area contributed by atoms with Gasteiger partial charge in [0, 0.05) is 0 Å². The lowest BCUT2D eigenvalue weighted by Crippen LogP contribution is -2.03. The van der Waals surface area contributed by atoms with E-state index in [1.54, 1.807) is 0 Å². The minimum atomic E-state index is 0.395. The number of anilines is 1. The van der Waals surface area contributed by atoms with Crippen LogP contribution in [0.2, 0.25) is 0 Å². The van der Waals surface area contributed by atoms with Gasteiger partial charge in [-0.1, -0.05) is 66.7 Å². The molecule has 122 valence electrons. The third-order valence-electron chi connectivity index (χ3n) is 4.00. The first kappa shape index (κ1) is 15.1. The number of hydrogen-bond donors (Lipinski definition) is 1. The summed E-state index contributed by atoms with van der Waals surface area (Å²) in [5, 5.41) is 0. The standard InChI is InChI=1S/C20H17N5/c21-19-18-20(23-14-22-19)25(13-16-9-5-2-6-10-16)17(24-18)12-11-15-7-3-1-4-8-15/h1-12,14H,13H2,(H2,21,22,23)/b12-11+. The molecular formula is C20H17N5. The zero-order valence-electron chi connectivity index (χ0n) is 13.6. The highest BCUT2D eigenvalue weighted by Crippen LogP contribution is 2.21. The molecule has 0 saturated carbocycles. The number of rotatable bonds is 4. The molecule has 25 heavy (non-hydrogen) atoms. The van der Waals surface area contributed by atoms with Crippen molar-refractivity contribution in [1.82, 2.24) is 19.5 Å². The number of nitrogen functional groups attached to an aromatic ring is 1. The topological polar surface area (TPSA) is 69.6 Å². The number of fused-ring (bicyclic) bond motifs is 1. The van der Waals surface area contributed by atoms with E-state index < -0.39 is 0 Å². The van der Waals surface area contributed by atoms with E-state index in [9.17, 15) is 0 Å². The fourth-order valence-electron chi connectivity index (χ4n) is 2.75. The van der Waals surface area contributed by atoms with Crippen molar-refractivity contribution in [2.75, 3.05) is 5.73 Å². The van der Waals surface area contributed by atoms with Gasteiger partial charge in [0.2, 0.25) is 0 Å². The van der Waals surface area contributed by atoms with Crippen LogP contribution in [0.3, 0.4) is 0 Å².